The molecule has 3 rings (SSSR count). The lowest BCUT2D eigenvalue weighted by molar-refractivity contribution is 0.296. The van der Waals surface area contributed by atoms with E-state index in [1.54, 1.807) is 6.20 Å². The fourth-order valence-corrected chi connectivity index (χ4v) is 3.16. The van der Waals surface area contributed by atoms with Crippen molar-refractivity contribution in [3.05, 3.63) is 65.5 Å². The third kappa shape index (κ3) is 3.26. The van der Waals surface area contributed by atoms with E-state index in [1.165, 1.54) is 0 Å². The van der Waals surface area contributed by atoms with Crippen LogP contribution in [-0.4, -0.2) is 23.0 Å². The first-order valence-electron chi connectivity index (χ1n) is 8.25. The molecule has 4 heteroatoms. The van der Waals surface area contributed by atoms with Crippen LogP contribution in [0.1, 0.15) is 41.1 Å². The molecule has 0 aliphatic carbocycles. The Morgan fingerprint density at radius 1 is 1.29 bits per heavy atom. The average molecular weight is 318 g/mol. The summed E-state index contributed by atoms with van der Waals surface area (Å²) in [5.74, 6) is 0.449. The van der Waals surface area contributed by atoms with Crippen molar-refractivity contribution in [1.29, 1.82) is 5.26 Å². The fourth-order valence-electron chi connectivity index (χ4n) is 3.16. The van der Waals surface area contributed by atoms with Crippen LogP contribution in [0.4, 0.5) is 5.69 Å². The fraction of sp³-hybridized carbons (Fsp3) is 0.300. The molecule has 2 N–H and O–H groups in total. The zero-order valence-electron chi connectivity index (χ0n) is 14.0. The van der Waals surface area contributed by atoms with Gasteiger partial charge >= 0.3 is 0 Å². The summed E-state index contributed by atoms with van der Waals surface area (Å²) in [6.45, 7) is 8.19. The van der Waals surface area contributed by atoms with Crippen LogP contribution in [0.2, 0.25) is 0 Å². The van der Waals surface area contributed by atoms with Gasteiger partial charge in [-0.25, -0.2) is 0 Å². The summed E-state index contributed by atoms with van der Waals surface area (Å²) >= 11 is 0. The lowest BCUT2D eigenvalue weighted by Crippen LogP contribution is -2.31. The number of pyridine rings is 1. The van der Waals surface area contributed by atoms with Gasteiger partial charge in [-0.1, -0.05) is 18.7 Å². The van der Waals surface area contributed by atoms with Crippen molar-refractivity contribution >= 4 is 11.4 Å². The number of hydrogen-bond donors (Lipinski definition) is 1. The van der Waals surface area contributed by atoms with Crippen LogP contribution in [0, 0.1) is 18.3 Å². The van der Waals surface area contributed by atoms with Gasteiger partial charge in [-0.15, -0.1) is 0 Å². The Kier molecular flexibility index (Phi) is 4.52. The van der Waals surface area contributed by atoms with E-state index in [9.17, 15) is 0 Å². The maximum absolute atomic E-state index is 8.86. The first kappa shape index (κ1) is 16.1. The normalized spacial score (nSPS) is 15.1. The Labute approximate surface area is 143 Å². The molecule has 1 saturated heterocycles. The molecule has 0 radical (unpaired) electrons. The molecule has 0 unspecified atom stereocenters. The number of hydrogen-bond acceptors (Lipinski definition) is 4. The van der Waals surface area contributed by atoms with Gasteiger partial charge in [0.2, 0.25) is 0 Å². The first-order valence-corrected chi connectivity index (χ1v) is 8.25. The Hall–Kier alpha value is -2.80. The van der Waals surface area contributed by atoms with Gasteiger partial charge in [0.1, 0.15) is 6.07 Å². The number of rotatable bonds is 3. The molecule has 4 nitrogen and oxygen atoms in total. The van der Waals surface area contributed by atoms with Crippen molar-refractivity contribution in [2.75, 3.05) is 18.8 Å². The van der Waals surface area contributed by atoms with Crippen molar-refractivity contribution in [2.24, 2.45) is 0 Å². The van der Waals surface area contributed by atoms with Crippen molar-refractivity contribution in [3.63, 3.8) is 0 Å². The van der Waals surface area contributed by atoms with E-state index in [-0.39, 0.29) is 0 Å². The predicted molar refractivity (Wildman–Crippen MR) is 97.1 cm³/mol. The van der Waals surface area contributed by atoms with Crippen LogP contribution in [0.15, 0.2) is 43.1 Å². The second kappa shape index (κ2) is 6.76. The molecule has 2 aromatic rings. The van der Waals surface area contributed by atoms with Crippen molar-refractivity contribution < 1.29 is 0 Å². The van der Waals surface area contributed by atoms with Crippen LogP contribution in [0.3, 0.4) is 0 Å². The summed E-state index contributed by atoms with van der Waals surface area (Å²) in [6, 6.07) is 12.1. The number of piperidine rings is 1. The monoisotopic (exact) mass is 318 g/mol. The van der Waals surface area contributed by atoms with Gasteiger partial charge in [0.15, 0.2) is 0 Å². The molecule has 2 heterocycles. The molecule has 1 aliphatic heterocycles. The Bertz CT molecular complexity index is 778. The van der Waals surface area contributed by atoms with E-state index < -0.39 is 0 Å². The minimum atomic E-state index is 0.449. The average Bonchev–Trinajstić information content (AvgIpc) is 2.63. The third-order valence-electron chi connectivity index (χ3n) is 4.82. The number of aromatic nitrogens is 1. The Morgan fingerprint density at radius 3 is 2.62 bits per heavy atom. The maximum Gasteiger partial charge on any atom is 0.101 e. The summed E-state index contributed by atoms with van der Waals surface area (Å²) in [5.41, 5.74) is 11.7. The molecule has 0 bridgehead atoms. The van der Waals surface area contributed by atoms with E-state index in [0.717, 1.165) is 54.1 Å². The first-order chi connectivity index (χ1) is 11.6. The smallest absolute Gasteiger partial charge is 0.101 e. The van der Waals surface area contributed by atoms with Gasteiger partial charge in [0.25, 0.3) is 0 Å². The molecular formula is C20H22N4. The lowest BCUT2D eigenvalue weighted by atomic mass is 9.92. The zero-order valence-corrected chi connectivity index (χ0v) is 14.0. The molecule has 1 aromatic heterocycles. The highest BCUT2D eigenvalue weighted by molar-refractivity contribution is 5.66. The second-order valence-corrected chi connectivity index (χ2v) is 6.36. The van der Waals surface area contributed by atoms with E-state index in [1.807, 2.05) is 31.2 Å². The molecule has 122 valence electrons. The number of benzene rings is 1. The zero-order chi connectivity index (χ0) is 17.1. The van der Waals surface area contributed by atoms with Crippen molar-refractivity contribution in [2.45, 2.75) is 25.7 Å². The highest BCUT2D eigenvalue weighted by Crippen LogP contribution is 2.31. The molecular weight excluding hydrogens is 296 g/mol. The minimum absolute atomic E-state index is 0.449. The molecule has 24 heavy (non-hydrogen) atoms. The number of nitrogen functional groups attached to an aromatic ring is 1. The summed E-state index contributed by atoms with van der Waals surface area (Å²) in [7, 11) is 0. The molecule has 1 fully saturated rings. The number of aryl methyl sites for hydroxylation is 1. The highest BCUT2D eigenvalue weighted by atomic mass is 15.1. The molecule has 0 atom stereocenters. The maximum atomic E-state index is 8.86. The number of nitriles is 1. The quantitative estimate of drug-likeness (QED) is 0.876. The van der Waals surface area contributed by atoms with Gasteiger partial charge in [-0.2, -0.15) is 5.26 Å². The van der Waals surface area contributed by atoms with Gasteiger partial charge in [-0.05, 0) is 49.1 Å². The van der Waals surface area contributed by atoms with Crippen LogP contribution in [-0.2, 0) is 0 Å². The highest BCUT2D eigenvalue weighted by Gasteiger charge is 2.22. The minimum Gasteiger partial charge on any atom is -0.398 e. The number of nitrogens with two attached hydrogens (primary N) is 1. The summed E-state index contributed by atoms with van der Waals surface area (Å²) in [4.78, 5) is 6.77. The van der Waals surface area contributed by atoms with E-state index in [2.05, 4.69) is 28.6 Å². The lowest BCUT2D eigenvalue weighted by Gasteiger charge is -2.34. The molecule has 0 spiro atoms. The van der Waals surface area contributed by atoms with E-state index >= 15 is 0 Å². The van der Waals surface area contributed by atoms with Crippen LogP contribution >= 0.6 is 0 Å². The van der Waals surface area contributed by atoms with E-state index in [4.69, 9.17) is 11.0 Å². The molecule has 1 aromatic carbocycles. The van der Waals surface area contributed by atoms with E-state index in [0.29, 0.717) is 11.5 Å². The number of anilines is 1. The van der Waals surface area contributed by atoms with Gasteiger partial charge in [-0.3, -0.25) is 4.98 Å². The second-order valence-electron chi connectivity index (χ2n) is 6.36. The summed E-state index contributed by atoms with van der Waals surface area (Å²) in [6.07, 6.45) is 3.74. The van der Waals surface area contributed by atoms with Gasteiger partial charge in [0, 0.05) is 42.3 Å². The summed E-state index contributed by atoms with van der Waals surface area (Å²) < 4.78 is 0. The number of nitrogens with zero attached hydrogens (tertiary/aromatic N) is 3. The van der Waals surface area contributed by atoms with Crippen LogP contribution < -0.4 is 5.73 Å². The summed E-state index contributed by atoms with van der Waals surface area (Å²) in [5, 5.41) is 8.86. The SMILES string of the molecule is C=C(c1ccc(C)c(N)c1)N1CCC(c2ccc(C#N)cn2)CC1. The topological polar surface area (TPSA) is 65.9 Å². The molecule has 1 aliphatic rings. The van der Waals surface area contributed by atoms with Crippen molar-refractivity contribution in [1.82, 2.24) is 9.88 Å². The predicted octanol–water partition coefficient (Wildman–Crippen LogP) is 3.69. The standard InChI is InChI=1S/C20H22N4/c1-14-3-5-18(11-19(14)22)15(2)24-9-7-17(8-10-24)20-6-4-16(12-21)13-23-20/h3-6,11,13,17H,2,7-10,22H2,1H3. The number of likely N-dealkylation sites (tertiary alicyclic amines) is 1. The van der Waals surface area contributed by atoms with Crippen LogP contribution in [0.5, 0.6) is 0 Å². The van der Waals surface area contributed by atoms with Gasteiger partial charge in [0.05, 0.1) is 5.56 Å². The van der Waals surface area contributed by atoms with Crippen LogP contribution in [0.25, 0.3) is 5.70 Å². The third-order valence-corrected chi connectivity index (χ3v) is 4.82. The van der Waals surface area contributed by atoms with Gasteiger partial charge < -0.3 is 10.6 Å². The van der Waals surface area contributed by atoms with Crippen molar-refractivity contribution in [3.8, 4) is 6.07 Å². The largest absolute Gasteiger partial charge is 0.398 e. The molecule has 0 amide bonds. The Morgan fingerprint density at radius 2 is 2.04 bits per heavy atom. The molecule has 0 saturated carbocycles. The Balaban J connectivity index is 1.64.